The molecule has 51 heavy (non-hydrogen) atoms. The van der Waals surface area contributed by atoms with Crippen molar-refractivity contribution in [2.45, 2.75) is 6.17 Å². The Labute approximate surface area is 295 Å². The molecule has 0 saturated carbocycles. The number of nitrogens with one attached hydrogen (secondary N) is 1. The van der Waals surface area contributed by atoms with E-state index < -0.39 is 0 Å². The molecule has 2 heterocycles. The average Bonchev–Trinajstić information content (AvgIpc) is 3.52. The van der Waals surface area contributed by atoms with E-state index in [1.54, 1.807) is 0 Å². The molecule has 4 nitrogen and oxygen atoms in total. The van der Waals surface area contributed by atoms with Crippen molar-refractivity contribution in [3.05, 3.63) is 199 Å². The minimum absolute atomic E-state index is 0.326. The first-order chi connectivity index (χ1) is 25.3. The van der Waals surface area contributed by atoms with Gasteiger partial charge in [-0.15, -0.1) is 0 Å². The monoisotopic (exact) mass is 652 g/mol. The summed E-state index contributed by atoms with van der Waals surface area (Å²) in [5.41, 5.74) is 8.88. The molecule has 240 valence electrons. The number of hydrogen-bond acceptors (Lipinski definition) is 3. The van der Waals surface area contributed by atoms with Crippen molar-refractivity contribution in [1.29, 1.82) is 0 Å². The van der Waals surface area contributed by atoms with E-state index in [4.69, 9.17) is 9.98 Å². The molecule has 0 amide bonds. The average molecular weight is 653 g/mol. The lowest BCUT2D eigenvalue weighted by atomic mass is 10.0. The third-order valence-electron chi connectivity index (χ3n) is 10.0. The Bertz CT molecular complexity index is 2810. The molecule has 1 aliphatic rings. The normalized spacial score (nSPS) is 14.5. The van der Waals surface area contributed by atoms with Crippen LogP contribution in [0.15, 0.2) is 192 Å². The maximum atomic E-state index is 5.26. The molecule has 1 atom stereocenters. The van der Waals surface area contributed by atoms with Gasteiger partial charge in [-0.3, -0.25) is 0 Å². The van der Waals surface area contributed by atoms with E-state index >= 15 is 0 Å². The first-order valence-electron chi connectivity index (χ1n) is 17.4. The molecule has 0 aliphatic carbocycles. The number of benzene rings is 8. The van der Waals surface area contributed by atoms with Crippen molar-refractivity contribution < 1.29 is 0 Å². The molecule has 1 aromatic heterocycles. The van der Waals surface area contributed by atoms with Gasteiger partial charge in [-0.1, -0.05) is 152 Å². The van der Waals surface area contributed by atoms with E-state index in [1.807, 2.05) is 6.07 Å². The van der Waals surface area contributed by atoms with Crippen molar-refractivity contribution in [2.24, 2.45) is 9.98 Å². The summed E-state index contributed by atoms with van der Waals surface area (Å²) in [7, 11) is 0. The molecule has 9 aromatic rings. The lowest BCUT2D eigenvalue weighted by Gasteiger charge is -2.25. The second-order valence-electron chi connectivity index (χ2n) is 13.1. The van der Waals surface area contributed by atoms with E-state index in [0.29, 0.717) is 5.84 Å². The number of hydrogen-bond donors (Lipinski definition) is 1. The van der Waals surface area contributed by atoms with E-state index in [9.17, 15) is 0 Å². The number of amidine groups is 2. The maximum absolute atomic E-state index is 5.26. The number of aliphatic imine (C=N–C) groups is 2. The molecule has 0 spiro atoms. The van der Waals surface area contributed by atoms with Crippen molar-refractivity contribution in [3.63, 3.8) is 0 Å². The van der Waals surface area contributed by atoms with Crippen LogP contribution in [0, 0.1) is 0 Å². The first-order valence-corrected chi connectivity index (χ1v) is 17.4. The number of nitrogens with zero attached hydrogens (tertiary/aromatic N) is 3. The van der Waals surface area contributed by atoms with Crippen molar-refractivity contribution in [2.75, 3.05) is 0 Å². The third-order valence-corrected chi connectivity index (χ3v) is 10.0. The van der Waals surface area contributed by atoms with E-state index in [1.165, 1.54) is 43.4 Å². The van der Waals surface area contributed by atoms with Gasteiger partial charge in [0.25, 0.3) is 0 Å². The molecule has 0 saturated heterocycles. The van der Waals surface area contributed by atoms with Crippen molar-refractivity contribution >= 4 is 55.0 Å². The Morgan fingerprint density at radius 1 is 0.431 bits per heavy atom. The highest BCUT2D eigenvalue weighted by atomic mass is 15.2. The van der Waals surface area contributed by atoms with Crippen LogP contribution in [0.25, 0.3) is 60.2 Å². The zero-order chi connectivity index (χ0) is 33.7. The quantitative estimate of drug-likeness (QED) is 0.197. The van der Waals surface area contributed by atoms with Gasteiger partial charge in [0.05, 0.1) is 11.0 Å². The van der Waals surface area contributed by atoms with Crippen LogP contribution in [0.1, 0.15) is 22.9 Å². The molecule has 0 fully saturated rings. The highest BCUT2D eigenvalue weighted by Crippen LogP contribution is 2.36. The SMILES string of the molecule is c1ccc(-c2ccc(C3=NC(c4cccc5ccccc45)NC(c4ccc5c6cc7ccccc7cc6n(-c6ccccc6)c5c4)=N3)cc2)cc1. The molecule has 8 aromatic carbocycles. The summed E-state index contributed by atoms with van der Waals surface area (Å²) in [5.74, 6) is 1.50. The molecular formula is C47H32N4. The molecule has 1 aliphatic heterocycles. The maximum Gasteiger partial charge on any atom is 0.159 e. The Morgan fingerprint density at radius 2 is 1.04 bits per heavy atom. The Hall–Kier alpha value is -6.78. The molecule has 10 rings (SSSR count). The van der Waals surface area contributed by atoms with Crippen LogP contribution in [0.5, 0.6) is 0 Å². The summed E-state index contributed by atoms with van der Waals surface area (Å²) < 4.78 is 2.38. The van der Waals surface area contributed by atoms with Crippen LogP contribution in [-0.2, 0) is 0 Å². The number of fused-ring (bicyclic) bond motifs is 5. The molecule has 4 heteroatoms. The smallest absolute Gasteiger partial charge is 0.159 e. The Balaban J connectivity index is 1.15. The molecule has 0 radical (unpaired) electrons. The van der Waals surface area contributed by atoms with Gasteiger partial charge in [-0.25, -0.2) is 9.98 Å². The van der Waals surface area contributed by atoms with Gasteiger partial charge >= 0.3 is 0 Å². The van der Waals surface area contributed by atoms with E-state index in [0.717, 1.165) is 39.3 Å². The number of rotatable bonds is 5. The van der Waals surface area contributed by atoms with Gasteiger partial charge in [-0.05, 0) is 63.0 Å². The summed E-state index contributed by atoms with van der Waals surface area (Å²) in [6, 6.07) is 64.6. The summed E-state index contributed by atoms with van der Waals surface area (Å²) in [5, 5.41) is 11.0. The minimum atomic E-state index is -0.326. The predicted octanol–water partition coefficient (Wildman–Crippen LogP) is 11.3. The van der Waals surface area contributed by atoms with Gasteiger partial charge in [0.1, 0.15) is 12.0 Å². The van der Waals surface area contributed by atoms with Gasteiger partial charge < -0.3 is 9.88 Å². The molecule has 1 unspecified atom stereocenters. The summed E-state index contributed by atoms with van der Waals surface area (Å²) >= 11 is 0. The zero-order valence-corrected chi connectivity index (χ0v) is 27.7. The molecule has 0 bridgehead atoms. The van der Waals surface area contributed by atoms with Crippen LogP contribution in [0.2, 0.25) is 0 Å². The zero-order valence-electron chi connectivity index (χ0n) is 27.7. The summed E-state index contributed by atoms with van der Waals surface area (Å²) in [6.45, 7) is 0. The fraction of sp³-hybridized carbons (Fsp3) is 0.0213. The first kappa shape index (κ1) is 29.2. The second-order valence-corrected chi connectivity index (χ2v) is 13.1. The van der Waals surface area contributed by atoms with Crippen LogP contribution in [0.3, 0.4) is 0 Å². The predicted molar refractivity (Wildman–Crippen MR) is 213 cm³/mol. The standard InChI is InChI=1S/C47H32N4/c1-3-12-31(13-4-1)32-22-24-34(25-23-32)45-48-46(50-47(49-45)41-21-11-17-33-14-9-10-20-39(33)41)37-26-27-40-42-28-35-15-7-8-16-36(35)29-44(42)51(43(40)30-37)38-18-5-2-6-19-38/h1-30,47H,(H,48,49,50). The van der Waals surface area contributed by atoms with Gasteiger partial charge in [-0.2, -0.15) is 0 Å². The van der Waals surface area contributed by atoms with Crippen LogP contribution < -0.4 is 5.32 Å². The molecule has 1 N–H and O–H groups in total. The van der Waals surface area contributed by atoms with Gasteiger partial charge in [0.15, 0.2) is 5.84 Å². The largest absolute Gasteiger partial charge is 0.344 e. The van der Waals surface area contributed by atoms with Crippen molar-refractivity contribution in [1.82, 2.24) is 9.88 Å². The van der Waals surface area contributed by atoms with E-state index in [-0.39, 0.29) is 6.17 Å². The van der Waals surface area contributed by atoms with E-state index in [2.05, 4.69) is 186 Å². The highest BCUT2D eigenvalue weighted by Gasteiger charge is 2.24. The lowest BCUT2D eigenvalue weighted by molar-refractivity contribution is 0.679. The number of para-hydroxylation sites is 1. The van der Waals surface area contributed by atoms with Crippen molar-refractivity contribution in [3.8, 4) is 16.8 Å². The molecular weight excluding hydrogens is 621 g/mol. The highest BCUT2D eigenvalue weighted by molar-refractivity contribution is 6.17. The van der Waals surface area contributed by atoms with Crippen LogP contribution in [-0.4, -0.2) is 16.2 Å². The summed E-state index contributed by atoms with van der Waals surface area (Å²) in [6.07, 6.45) is -0.326. The Morgan fingerprint density at radius 3 is 1.84 bits per heavy atom. The lowest BCUT2D eigenvalue weighted by Crippen LogP contribution is -2.33. The Kier molecular flexibility index (Phi) is 6.85. The fourth-order valence-electron chi connectivity index (χ4n) is 7.52. The topological polar surface area (TPSA) is 41.7 Å². The van der Waals surface area contributed by atoms with Gasteiger partial charge in [0, 0.05) is 33.2 Å². The van der Waals surface area contributed by atoms with Crippen LogP contribution in [0.4, 0.5) is 0 Å². The summed E-state index contributed by atoms with van der Waals surface area (Å²) in [4.78, 5) is 10.5. The fourth-order valence-corrected chi connectivity index (χ4v) is 7.52. The minimum Gasteiger partial charge on any atom is -0.344 e. The van der Waals surface area contributed by atoms with Gasteiger partial charge in [0.2, 0.25) is 0 Å². The number of aromatic nitrogens is 1. The van der Waals surface area contributed by atoms with Crippen LogP contribution >= 0.6 is 0 Å². The third kappa shape index (κ3) is 5.08. The second kappa shape index (κ2) is 12.0.